The number of nitrogens with one attached hydrogen (secondary N) is 2. The van der Waals surface area contributed by atoms with Gasteiger partial charge in [0.05, 0.1) is 0 Å². The molecule has 4 rings (SSSR count). The van der Waals surface area contributed by atoms with Crippen LogP contribution in [0.3, 0.4) is 0 Å². The Morgan fingerprint density at radius 2 is 1.65 bits per heavy atom. The van der Waals surface area contributed by atoms with Gasteiger partial charge in [0.1, 0.15) is 0 Å². The molecule has 3 nitrogen and oxygen atoms in total. The molecular weight excluding hydrogens is 435 g/mol. The summed E-state index contributed by atoms with van der Waals surface area (Å²) in [6.45, 7) is 7.99. The molecule has 0 spiro atoms. The van der Waals surface area contributed by atoms with E-state index < -0.39 is 0 Å². The molecule has 2 N–H and O–H groups in total. The number of carbonyl (C=O) groups is 1. The second-order valence-corrected chi connectivity index (χ2v) is 9.75. The van der Waals surface area contributed by atoms with Crippen molar-refractivity contribution in [2.75, 3.05) is 13.1 Å². The van der Waals surface area contributed by atoms with Gasteiger partial charge in [-0.3, -0.25) is 0 Å². The van der Waals surface area contributed by atoms with Gasteiger partial charge >= 0.3 is 148 Å². The van der Waals surface area contributed by atoms with Gasteiger partial charge in [0.15, 0.2) is 0 Å². The van der Waals surface area contributed by atoms with Crippen LogP contribution in [-0.2, 0) is 5.75 Å². The van der Waals surface area contributed by atoms with E-state index in [1.54, 1.807) is 0 Å². The molecule has 34 heavy (non-hydrogen) atoms. The van der Waals surface area contributed by atoms with E-state index in [1.165, 1.54) is 27.1 Å². The molecule has 0 aliphatic carbocycles. The third-order valence-electron chi connectivity index (χ3n) is 6.11. The van der Waals surface area contributed by atoms with Crippen LogP contribution in [0.5, 0.6) is 0 Å². The van der Waals surface area contributed by atoms with E-state index in [0.717, 1.165) is 29.8 Å². The van der Waals surface area contributed by atoms with Gasteiger partial charge in [-0.1, -0.05) is 60.7 Å². The molecular formula is C29H31BN2OS. The molecule has 5 heteroatoms. The van der Waals surface area contributed by atoms with Gasteiger partial charge in [0.2, 0.25) is 0 Å². The number of hydrogen-bond acceptors (Lipinski definition) is 3. The first-order valence-corrected chi connectivity index (χ1v) is 12.8. The Bertz CT molecular complexity index is 1140. The summed E-state index contributed by atoms with van der Waals surface area (Å²) >= 11 is 1.83. The number of hydrogen-bond donors (Lipinski definition) is 2. The van der Waals surface area contributed by atoms with Crippen molar-refractivity contribution in [1.29, 1.82) is 0 Å². The van der Waals surface area contributed by atoms with Crippen LogP contribution in [0, 0.1) is 0 Å². The van der Waals surface area contributed by atoms with Crippen molar-refractivity contribution in [1.82, 2.24) is 10.6 Å². The Kier molecular flexibility index (Phi) is 8.43. The van der Waals surface area contributed by atoms with Crippen LogP contribution in [-0.4, -0.2) is 31.5 Å². The monoisotopic (exact) mass is 466 g/mol. The van der Waals surface area contributed by atoms with E-state index in [-0.39, 0.29) is 11.8 Å². The zero-order chi connectivity index (χ0) is 23.8. The fraction of sp³-hybridized carbons (Fsp3) is 0.241. The fourth-order valence-corrected chi connectivity index (χ4v) is 5.27. The zero-order valence-corrected chi connectivity index (χ0v) is 20.7. The molecule has 172 valence electrons. The second kappa shape index (κ2) is 11.9. The number of thioether (sulfide) groups is 1. The number of carbonyl (C=O) groups excluding carboxylic acids is 1. The first kappa shape index (κ1) is 24.1. The Morgan fingerprint density at radius 1 is 0.971 bits per heavy atom. The van der Waals surface area contributed by atoms with Crippen LogP contribution in [0.1, 0.15) is 53.2 Å². The van der Waals surface area contributed by atoms with Crippen molar-refractivity contribution in [3.63, 3.8) is 0 Å². The summed E-state index contributed by atoms with van der Waals surface area (Å²) in [6.07, 6.45) is 0.850. The topological polar surface area (TPSA) is 41.1 Å². The molecule has 3 aromatic carbocycles. The van der Waals surface area contributed by atoms with Crippen LogP contribution >= 0.6 is 11.8 Å². The van der Waals surface area contributed by atoms with Crippen molar-refractivity contribution in [2.45, 2.75) is 31.9 Å². The van der Waals surface area contributed by atoms with E-state index in [1.807, 2.05) is 42.1 Å². The number of amides is 1. The molecule has 1 aliphatic rings. The minimum atomic E-state index is -0.0141. The molecule has 0 unspecified atom stereocenters. The van der Waals surface area contributed by atoms with Gasteiger partial charge in [0.25, 0.3) is 0 Å². The van der Waals surface area contributed by atoms with E-state index in [2.05, 4.69) is 86.0 Å². The van der Waals surface area contributed by atoms with Gasteiger partial charge in [-0.05, 0) is 0 Å². The molecule has 1 aliphatic heterocycles. The predicted molar refractivity (Wildman–Crippen MR) is 147 cm³/mol. The van der Waals surface area contributed by atoms with E-state index >= 15 is 0 Å². The summed E-state index contributed by atoms with van der Waals surface area (Å²) in [7, 11) is 0. The third-order valence-corrected chi connectivity index (χ3v) is 7.36. The Hall–Kier alpha value is -3.05. The van der Waals surface area contributed by atoms with E-state index in [4.69, 9.17) is 0 Å². The SMILES string of the molecule is CC1=BC(SCc2cccc(C(=O)NCCC(c3ccccc3)c3ccccc3)c2)=C(C)CN1. The quantitative estimate of drug-likeness (QED) is 0.406. The Morgan fingerprint density at radius 3 is 2.32 bits per heavy atom. The molecule has 0 radical (unpaired) electrons. The summed E-state index contributed by atoms with van der Waals surface area (Å²) < 4.78 is 0. The molecule has 3 aromatic rings. The number of rotatable bonds is 9. The normalized spacial score (nSPS) is 13.2. The van der Waals surface area contributed by atoms with Gasteiger partial charge in [-0.25, -0.2) is 0 Å². The van der Waals surface area contributed by atoms with Crippen LogP contribution in [0.2, 0.25) is 0 Å². The molecule has 1 amide bonds. The number of benzene rings is 3. The molecule has 0 aromatic heterocycles. The van der Waals surface area contributed by atoms with Crippen LogP contribution in [0.15, 0.2) is 95.3 Å². The average Bonchev–Trinajstić information content (AvgIpc) is 2.88. The summed E-state index contributed by atoms with van der Waals surface area (Å²) in [6, 6.07) is 29.0. The van der Waals surface area contributed by atoms with Gasteiger partial charge in [-0.2, -0.15) is 0 Å². The molecule has 0 fully saturated rings. The van der Waals surface area contributed by atoms with Crippen molar-refractivity contribution in [3.8, 4) is 0 Å². The maximum absolute atomic E-state index is 12.9. The summed E-state index contributed by atoms with van der Waals surface area (Å²) in [4.78, 5) is 14.2. The van der Waals surface area contributed by atoms with Gasteiger partial charge in [0, 0.05) is 0 Å². The van der Waals surface area contributed by atoms with Crippen molar-refractivity contribution in [3.05, 3.63) is 118 Å². The standard InChI is InChI=1S/C29H31BN2OS/c1-21-19-32-22(2)30-28(21)34-20-23-10-9-15-26(18-23)29(33)31-17-16-27(24-11-5-3-6-12-24)25-13-7-4-8-14-25/h3-15,18,27,32H,16-17,19-20H2,1-2H3,(H,31,33). The first-order chi connectivity index (χ1) is 16.6. The summed E-state index contributed by atoms with van der Waals surface area (Å²) in [5.74, 6) is 1.09. The molecule has 0 bridgehead atoms. The zero-order valence-electron chi connectivity index (χ0n) is 19.9. The minimum absolute atomic E-state index is 0.0141. The Balaban J connectivity index is 1.36. The van der Waals surface area contributed by atoms with Crippen molar-refractivity contribution in [2.24, 2.45) is 0 Å². The van der Waals surface area contributed by atoms with Crippen LogP contribution < -0.4 is 10.6 Å². The van der Waals surface area contributed by atoms with Crippen molar-refractivity contribution >= 4 is 30.2 Å². The average molecular weight is 466 g/mol. The molecule has 0 atom stereocenters. The molecule has 0 saturated heterocycles. The van der Waals surface area contributed by atoms with Gasteiger partial charge < -0.3 is 0 Å². The van der Waals surface area contributed by atoms with Crippen LogP contribution in [0.25, 0.3) is 0 Å². The third kappa shape index (κ3) is 6.51. The maximum atomic E-state index is 12.9. The van der Waals surface area contributed by atoms with E-state index in [9.17, 15) is 4.79 Å². The second-order valence-electron chi connectivity index (χ2n) is 8.73. The summed E-state index contributed by atoms with van der Waals surface area (Å²) in [5.41, 5.74) is 6.98. The fourth-order valence-electron chi connectivity index (χ4n) is 4.19. The summed E-state index contributed by atoms with van der Waals surface area (Å²) in [5, 5.41) is 6.51. The molecule has 1 heterocycles. The van der Waals surface area contributed by atoms with Crippen molar-refractivity contribution < 1.29 is 4.79 Å². The van der Waals surface area contributed by atoms with Gasteiger partial charge in [-0.15, -0.1) is 0 Å². The van der Waals surface area contributed by atoms with Crippen LogP contribution in [0.4, 0.5) is 0 Å². The Labute approximate surface area is 208 Å². The van der Waals surface area contributed by atoms with E-state index in [0.29, 0.717) is 6.54 Å². The first-order valence-electron chi connectivity index (χ1n) is 11.8. The predicted octanol–water partition coefficient (Wildman–Crippen LogP) is 5.56. The molecule has 0 saturated carbocycles.